The normalized spacial score (nSPS) is 70.2. The van der Waals surface area contributed by atoms with Gasteiger partial charge in [-0.15, -0.1) is 0 Å². The summed E-state index contributed by atoms with van der Waals surface area (Å²) in [6.45, 7) is 2.43. The Balaban J connectivity index is 2.00. The predicted octanol–water partition coefficient (Wildman–Crippen LogP) is 2.49. The molecular weight excluding hydrogens is 140 g/mol. The molecule has 0 aromatic rings. The Morgan fingerprint density at radius 1 is 1.40 bits per heavy atom. The van der Waals surface area contributed by atoms with Crippen LogP contribution in [0.3, 0.4) is 0 Å². The number of fused-ring (bicyclic) bond motifs is 3. The summed E-state index contributed by atoms with van der Waals surface area (Å²) in [6, 6.07) is 0. The van der Waals surface area contributed by atoms with Crippen molar-refractivity contribution in [3.8, 4) is 0 Å². The highest BCUT2D eigenvalue weighted by Gasteiger charge is 2.73. The monoisotopic (exact) mass is 154 g/mol. The van der Waals surface area contributed by atoms with Crippen molar-refractivity contribution in [2.24, 2.45) is 17.3 Å². The van der Waals surface area contributed by atoms with Gasteiger partial charge in [-0.25, -0.2) is 0 Å². The van der Waals surface area contributed by atoms with Gasteiger partial charge in [0.2, 0.25) is 0 Å². The minimum atomic E-state index is 0.510. The zero-order valence-electron chi connectivity index (χ0n) is 6.43. The summed E-state index contributed by atoms with van der Waals surface area (Å²) in [5.74, 6) is 2.09. The molecule has 0 heterocycles. The lowest BCUT2D eigenvalue weighted by Gasteiger charge is -2.35. The van der Waals surface area contributed by atoms with E-state index in [1.807, 2.05) is 0 Å². The summed E-state index contributed by atoms with van der Waals surface area (Å²) in [7, 11) is 0. The van der Waals surface area contributed by atoms with E-state index in [1.165, 1.54) is 25.7 Å². The number of rotatable bonds is 0. The summed E-state index contributed by atoms with van der Waals surface area (Å²) >= 11 is 4.81. The van der Waals surface area contributed by atoms with Crippen LogP contribution in [0.4, 0.5) is 0 Å². The van der Waals surface area contributed by atoms with E-state index in [0.29, 0.717) is 10.2 Å². The topological polar surface area (TPSA) is 0 Å². The molecule has 56 valence electrons. The van der Waals surface area contributed by atoms with Gasteiger partial charge >= 0.3 is 0 Å². The quantitative estimate of drug-likeness (QED) is 0.509. The molecule has 0 aromatic carbocycles. The van der Waals surface area contributed by atoms with Gasteiger partial charge in [0.15, 0.2) is 0 Å². The van der Waals surface area contributed by atoms with Crippen molar-refractivity contribution in [3.05, 3.63) is 0 Å². The van der Waals surface area contributed by atoms with Crippen molar-refractivity contribution in [1.82, 2.24) is 0 Å². The van der Waals surface area contributed by atoms with Crippen LogP contribution in [-0.2, 0) is 0 Å². The molecule has 0 amide bonds. The summed E-state index contributed by atoms with van der Waals surface area (Å²) in [4.78, 5) is 0. The van der Waals surface area contributed by atoms with Gasteiger partial charge in [0.25, 0.3) is 0 Å². The fraction of sp³-hybridized carbons (Fsp3) is 1.00. The average molecular weight is 154 g/mol. The Bertz CT molecular complexity index is 201. The van der Waals surface area contributed by atoms with Crippen LogP contribution in [-0.4, -0.2) is 4.75 Å². The second-order valence-electron chi connectivity index (χ2n) is 4.81. The van der Waals surface area contributed by atoms with Crippen LogP contribution in [0.2, 0.25) is 0 Å². The highest BCUT2D eigenvalue weighted by atomic mass is 32.1. The first-order chi connectivity index (χ1) is 4.66. The van der Waals surface area contributed by atoms with Gasteiger partial charge < -0.3 is 0 Å². The van der Waals surface area contributed by atoms with Crippen LogP contribution >= 0.6 is 12.6 Å². The lowest BCUT2D eigenvalue weighted by atomic mass is 9.73. The molecule has 4 unspecified atom stereocenters. The molecule has 3 rings (SSSR count). The second-order valence-corrected chi connectivity index (χ2v) is 5.61. The van der Waals surface area contributed by atoms with Crippen LogP contribution in [0.15, 0.2) is 0 Å². The maximum absolute atomic E-state index is 4.81. The van der Waals surface area contributed by atoms with E-state index in [4.69, 9.17) is 12.6 Å². The Labute approximate surface area is 67.8 Å². The lowest BCUT2D eigenvalue weighted by Crippen LogP contribution is -2.29. The van der Waals surface area contributed by atoms with Crippen molar-refractivity contribution in [2.45, 2.75) is 37.4 Å². The standard InChI is InChI=1S/C9H14S/c1-8-4-6-2-3-7(6)9(8,10)5-8/h6-7,10H,2-5H2,1H3. The Morgan fingerprint density at radius 3 is 2.50 bits per heavy atom. The number of hydrogen-bond acceptors (Lipinski definition) is 1. The van der Waals surface area contributed by atoms with E-state index in [9.17, 15) is 0 Å². The maximum Gasteiger partial charge on any atom is 0.0220 e. The Hall–Kier alpha value is 0.350. The third kappa shape index (κ3) is 0.406. The molecule has 1 heteroatoms. The number of hydrogen-bond donors (Lipinski definition) is 1. The van der Waals surface area contributed by atoms with Gasteiger partial charge in [0.05, 0.1) is 0 Å². The zero-order valence-corrected chi connectivity index (χ0v) is 7.32. The molecule has 0 saturated heterocycles. The number of thiol groups is 1. The van der Waals surface area contributed by atoms with Crippen molar-refractivity contribution in [1.29, 1.82) is 0 Å². The van der Waals surface area contributed by atoms with Crippen molar-refractivity contribution >= 4 is 12.6 Å². The molecule has 0 spiro atoms. The molecule has 0 N–H and O–H groups in total. The summed E-state index contributed by atoms with van der Waals surface area (Å²) < 4.78 is 0.510. The van der Waals surface area contributed by atoms with Gasteiger partial charge in [-0.2, -0.15) is 12.6 Å². The molecule has 0 radical (unpaired) electrons. The molecule has 0 nitrogen and oxygen atoms in total. The smallest absolute Gasteiger partial charge is 0.0220 e. The van der Waals surface area contributed by atoms with E-state index < -0.39 is 0 Å². The van der Waals surface area contributed by atoms with Crippen molar-refractivity contribution < 1.29 is 0 Å². The van der Waals surface area contributed by atoms with E-state index in [0.717, 1.165) is 11.8 Å². The zero-order chi connectivity index (χ0) is 6.98. The maximum atomic E-state index is 4.81. The first-order valence-corrected chi connectivity index (χ1v) is 4.83. The van der Waals surface area contributed by atoms with E-state index in [2.05, 4.69) is 6.92 Å². The molecule has 10 heavy (non-hydrogen) atoms. The molecule has 4 atom stereocenters. The Morgan fingerprint density at radius 2 is 2.20 bits per heavy atom. The predicted molar refractivity (Wildman–Crippen MR) is 45.3 cm³/mol. The van der Waals surface area contributed by atoms with Crippen LogP contribution in [0, 0.1) is 17.3 Å². The fourth-order valence-electron chi connectivity index (χ4n) is 3.40. The molecule has 0 aliphatic heterocycles. The van der Waals surface area contributed by atoms with Crippen molar-refractivity contribution in [2.75, 3.05) is 0 Å². The average Bonchev–Trinajstić information content (AvgIpc) is 2.23. The minimum Gasteiger partial charge on any atom is -0.172 e. The largest absolute Gasteiger partial charge is 0.172 e. The molecule has 3 saturated carbocycles. The molecular formula is C9H14S. The molecule has 3 fully saturated rings. The first kappa shape index (κ1) is 5.93. The molecule has 3 aliphatic carbocycles. The molecule has 3 aliphatic rings. The van der Waals surface area contributed by atoms with Crippen LogP contribution in [0.25, 0.3) is 0 Å². The van der Waals surface area contributed by atoms with Gasteiger partial charge in [-0.05, 0) is 42.9 Å². The fourth-order valence-corrected chi connectivity index (χ4v) is 4.18. The van der Waals surface area contributed by atoms with E-state index >= 15 is 0 Å². The van der Waals surface area contributed by atoms with Crippen LogP contribution in [0.5, 0.6) is 0 Å². The molecule has 0 aromatic heterocycles. The highest BCUT2D eigenvalue weighted by Crippen LogP contribution is 2.78. The molecule has 0 bridgehead atoms. The van der Waals surface area contributed by atoms with Gasteiger partial charge in [-0.3, -0.25) is 0 Å². The Kier molecular flexibility index (Phi) is 0.774. The van der Waals surface area contributed by atoms with E-state index in [-0.39, 0.29) is 0 Å². The summed E-state index contributed by atoms with van der Waals surface area (Å²) in [5.41, 5.74) is 0.669. The highest BCUT2D eigenvalue weighted by molar-refractivity contribution is 7.82. The third-order valence-corrected chi connectivity index (χ3v) is 5.35. The van der Waals surface area contributed by atoms with Crippen LogP contribution in [0.1, 0.15) is 32.6 Å². The lowest BCUT2D eigenvalue weighted by molar-refractivity contribution is 0.190. The SMILES string of the molecule is CC12CC3CCC3C1(S)C2. The second kappa shape index (κ2) is 1.31. The summed E-state index contributed by atoms with van der Waals surface area (Å²) in [5, 5.41) is 0. The van der Waals surface area contributed by atoms with Gasteiger partial charge in [-0.1, -0.05) is 6.92 Å². The van der Waals surface area contributed by atoms with Gasteiger partial charge in [0, 0.05) is 4.75 Å². The third-order valence-electron chi connectivity index (χ3n) is 4.32. The van der Waals surface area contributed by atoms with Gasteiger partial charge in [0.1, 0.15) is 0 Å². The van der Waals surface area contributed by atoms with Crippen molar-refractivity contribution in [3.63, 3.8) is 0 Å². The van der Waals surface area contributed by atoms with Crippen LogP contribution < -0.4 is 0 Å². The first-order valence-electron chi connectivity index (χ1n) is 4.38. The summed E-state index contributed by atoms with van der Waals surface area (Å²) in [6.07, 6.45) is 5.87. The minimum absolute atomic E-state index is 0.510. The van der Waals surface area contributed by atoms with E-state index in [1.54, 1.807) is 0 Å².